The molecule has 0 atom stereocenters. The molecule has 7 nitrogen and oxygen atoms in total. The van der Waals surface area contributed by atoms with Crippen LogP contribution in [0.5, 0.6) is 5.75 Å². The average Bonchev–Trinajstić information content (AvgIpc) is 2.83. The summed E-state index contributed by atoms with van der Waals surface area (Å²) in [5.41, 5.74) is 0.975. The van der Waals surface area contributed by atoms with E-state index in [1.807, 2.05) is 0 Å². The molecule has 0 saturated carbocycles. The third-order valence-electron chi connectivity index (χ3n) is 2.34. The molecule has 0 spiro atoms. The number of benzene rings is 1. The number of hydrogen-bond acceptors (Lipinski definition) is 7. The Hall–Kier alpha value is -2.13. The maximum absolute atomic E-state index is 12.0. The van der Waals surface area contributed by atoms with E-state index in [2.05, 4.69) is 15.5 Å². The number of aromatic nitrogens is 2. The Balaban J connectivity index is 2.04. The summed E-state index contributed by atoms with van der Waals surface area (Å²) >= 11 is 2.09. The number of aryl methyl sites for hydroxylation is 1. The highest BCUT2D eigenvalue weighted by Crippen LogP contribution is 2.26. The van der Waals surface area contributed by atoms with Gasteiger partial charge in [0.05, 0.1) is 11.3 Å². The van der Waals surface area contributed by atoms with E-state index in [-0.39, 0.29) is 22.2 Å². The predicted octanol–water partition coefficient (Wildman–Crippen LogP) is 1.98. The van der Waals surface area contributed by atoms with E-state index in [0.717, 1.165) is 28.7 Å². The van der Waals surface area contributed by atoms with Crippen LogP contribution in [0.3, 0.4) is 0 Å². The molecule has 110 valence electrons. The van der Waals surface area contributed by atoms with Gasteiger partial charge in [-0.25, -0.2) is 0 Å². The van der Waals surface area contributed by atoms with Gasteiger partial charge in [-0.15, -0.1) is 10.2 Å². The molecule has 0 bridgehead atoms. The molecule has 0 aliphatic carbocycles. The van der Waals surface area contributed by atoms with Gasteiger partial charge in [0.15, 0.2) is 4.34 Å². The van der Waals surface area contributed by atoms with E-state index in [9.17, 15) is 14.7 Å². The van der Waals surface area contributed by atoms with Gasteiger partial charge in [-0.2, -0.15) is 0 Å². The van der Waals surface area contributed by atoms with E-state index < -0.39 is 11.9 Å². The molecule has 9 heteroatoms. The third-order valence-corrected chi connectivity index (χ3v) is 4.30. The van der Waals surface area contributed by atoms with Crippen molar-refractivity contribution in [2.24, 2.45) is 0 Å². The molecule has 2 rings (SSSR count). The molecular weight excluding hydrogens is 314 g/mol. The van der Waals surface area contributed by atoms with Crippen molar-refractivity contribution < 1.29 is 19.8 Å². The summed E-state index contributed by atoms with van der Waals surface area (Å²) in [6, 6.07) is 4.72. The summed E-state index contributed by atoms with van der Waals surface area (Å²) in [4.78, 5) is 22.4. The Bertz CT molecular complexity index is 687. The number of thioether (sulfide) groups is 1. The zero-order valence-electron chi connectivity index (χ0n) is 10.9. The first-order chi connectivity index (χ1) is 9.95. The van der Waals surface area contributed by atoms with Crippen molar-refractivity contribution in [2.75, 3.05) is 11.1 Å². The molecule has 0 unspecified atom stereocenters. The van der Waals surface area contributed by atoms with Crippen LogP contribution in [0.1, 0.15) is 15.9 Å². The van der Waals surface area contributed by atoms with Crippen LogP contribution in [0.2, 0.25) is 0 Å². The summed E-state index contributed by atoms with van der Waals surface area (Å²) in [5.74, 6) is -1.69. The van der Waals surface area contributed by atoms with Crippen molar-refractivity contribution in [1.82, 2.24) is 10.2 Å². The van der Waals surface area contributed by atoms with Gasteiger partial charge in [0.1, 0.15) is 5.75 Å². The Morgan fingerprint density at radius 3 is 2.81 bits per heavy atom. The van der Waals surface area contributed by atoms with Crippen molar-refractivity contribution in [3.63, 3.8) is 0 Å². The van der Waals surface area contributed by atoms with Crippen molar-refractivity contribution in [3.8, 4) is 5.75 Å². The molecule has 3 N–H and O–H groups in total. The van der Waals surface area contributed by atoms with Crippen LogP contribution in [0.25, 0.3) is 0 Å². The minimum absolute atomic E-state index is 0.113. The molecule has 2 aromatic rings. The van der Waals surface area contributed by atoms with E-state index in [4.69, 9.17) is 5.11 Å². The lowest BCUT2D eigenvalue weighted by molar-refractivity contribution is -0.133. The zero-order valence-corrected chi connectivity index (χ0v) is 12.5. The average molecular weight is 325 g/mol. The second-order valence-corrected chi connectivity index (χ2v) is 6.23. The maximum atomic E-state index is 12.0. The molecule has 1 heterocycles. The second kappa shape index (κ2) is 6.55. The number of aromatic hydroxyl groups is 1. The number of nitrogens with one attached hydrogen (secondary N) is 1. The summed E-state index contributed by atoms with van der Waals surface area (Å²) in [6.45, 7) is 1.80. The molecule has 21 heavy (non-hydrogen) atoms. The minimum Gasteiger partial charge on any atom is -0.507 e. The van der Waals surface area contributed by atoms with Crippen LogP contribution in [-0.2, 0) is 4.79 Å². The molecule has 0 fully saturated rings. The molecular formula is C12H11N3O4S2. The molecule has 1 aromatic heterocycles. The van der Waals surface area contributed by atoms with Crippen LogP contribution >= 0.6 is 23.1 Å². The number of amides is 1. The number of carboxylic acid groups (broad SMARTS) is 1. The number of nitrogens with zero attached hydrogens (tertiary/aromatic N) is 2. The van der Waals surface area contributed by atoms with Gasteiger partial charge in [-0.05, 0) is 24.6 Å². The van der Waals surface area contributed by atoms with Crippen molar-refractivity contribution in [3.05, 3.63) is 29.3 Å². The largest absolute Gasteiger partial charge is 0.507 e. The third kappa shape index (κ3) is 4.17. The summed E-state index contributed by atoms with van der Waals surface area (Å²) < 4.78 is 0.445. The number of aliphatic carboxylic acids is 1. The van der Waals surface area contributed by atoms with Crippen molar-refractivity contribution >= 4 is 40.1 Å². The van der Waals surface area contributed by atoms with Gasteiger partial charge in [0, 0.05) is 0 Å². The molecule has 1 aromatic carbocycles. The molecule has 0 aliphatic heterocycles. The van der Waals surface area contributed by atoms with Crippen LogP contribution in [0.4, 0.5) is 5.13 Å². The number of carbonyl (C=O) groups excluding carboxylic acids is 1. The fraction of sp³-hybridized carbons (Fsp3) is 0.167. The maximum Gasteiger partial charge on any atom is 0.313 e. The van der Waals surface area contributed by atoms with Gasteiger partial charge < -0.3 is 10.2 Å². The minimum atomic E-state index is -0.953. The van der Waals surface area contributed by atoms with Crippen molar-refractivity contribution in [1.29, 1.82) is 0 Å². The fourth-order valence-electron chi connectivity index (χ4n) is 1.44. The first-order valence-electron chi connectivity index (χ1n) is 5.75. The van der Waals surface area contributed by atoms with Gasteiger partial charge in [0.2, 0.25) is 5.13 Å². The number of carbonyl (C=O) groups is 2. The molecule has 0 radical (unpaired) electrons. The number of carboxylic acids is 1. The Morgan fingerprint density at radius 1 is 1.38 bits per heavy atom. The monoisotopic (exact) mass is 325 g/mol. The highest BCUT2D eigenvalue weighted by molar-refractivity contribution is 8.01. The smallest absolute Gasteiger partial charge is 0.313 e. The van der Waals surface area contributed by atoms with Crippen LogP contribution in [-0.4, -0.2) is 38.0 Å². The van der Waals surface area contributed by atoms with E-state index in [0.29, 0.717) is 4.34 Å². The lowest BCUT2D eigenvalue weighted by Crippen LogP contribution is -2.11. The van der Waals surface area contributed by atoms with E-state index in [1.165, 1.54) is 12.1 Å². The Labute approximate surface area is 128 Å². The fourth-order valence-corrected chi connectivity index (χ4v) is 2.91. The highest BCUT2D eigenvalue weighted by atomic mass is 32.2. The predicted molar refractivity (Wildman–Crippen MR) is 79.1 cm³/mol. The van der Waals surface area contributed by atoms with Gasteiger partial charge in [0.25, 0.3) is 5.91 Å². The van der Waals surface area contributed by atoms with E-state index in [1.54, 1.807) is 13.0 Å². The van der Waals surface area contributed by atoms with Gasteiger partial charge in [-0.3, -0.25) is 14.9 Å². The first-order valence-corrected chi connectivity index (χ1v) is 7.55. The number of anilines is 1. The molecule has 0 aliphatic rings. The zero-order chi connectivity index (χ0) is 15.4. The Kier molecular flexibility index (Phi) is 4.76. The summed E-state index contributed by atoms with van der Waals surface area (Å²) in [6.07, 6.45) is 0. The summed E-state index contributed by atoms with van der Waals surface area (Å²) in [7, 11) is 0. The van der Waals surface area contributed by atoms with Crippen LogP contribution in [0, 0.1) is 6.92 Å². The second-order valence-electron chi connectivity index (χ2n) is 4.03. The summed E-state index contributed by atoms with van der Waals surface area (Å²) in [5, 5.41) is 28.6. The number of phenolic OH excluding ortho intramolecular Hbond substituents is 1. The Morgan fingerprint density at radius 2 is 2.14 bits per heavy atom. The van der Waals surface area contributed by atoms with Gasteiger partial charge >= 0.3 is 5.97 Å². The normalized spacial score (nSPS) is 10.3. The lowest BCUT2D eigenvalue weighted by atomic mass is 10.1. The van der Waals surface area contributed by atoms with E-state index >= 15 is 0 Å². The number of hydrogen-bond donors (Lipinski definition) is 3. The first kappa shape index (κ1) is 15.3. The molecule has 1 amide bonds. The topological polar surface area (TPSA) is 112 Å². The number of phenols is 1. The standard InChI is InChI=1S/C12H11N3O4S2/c1-6-2-3-7(8(16)4-6)10(19)13-11-14-15-12(21-11)20-5-9(17)18/h2-4,16H,5H2,1H3,(H,17,18)(H,13,14,19). The van der Waals surface area contributed by atoms with Gasteiger partial charge in [-0.1, -0.05) is 29.2 Å². The van der Waals surface area contributed by atoms with Crippen molar-refractivity contribution in [2.45, 2.75) is 11.3 Å². The lowest BCUT2D eigenvalue weighted by Gasteiger charge is -2.04. The van der Waals surface area contributed by atoms with Crippen LogP contribution < -0.4 is 5.32 Å². The quantitative estimate of drug-likeness (QED) is 0.569. The SMILES string of the molecule is Cc1ccc(C(=O)Nc2nnc(SCC(=O)O)s2)c(O)c1. The number of rotatable bonds is 5. The molecule has 0 saturated heterocycles. The van der Waals surface area contributed by atoms with Crippen LogP contribution in [0.15, 0.2) is 22.5 Å². The highest BCUT2D eigenvalue weighted by Gasteiger charge is 2.14.